The molecule has 2 aromatic rings. The Labute approximate surface area is 124 Å². The van der Waals surface area contributed by atoms with Gasteiger partial charge in [0.2, 0.25) is 0 Å². The van der Waals surface area contributed by atoms with Crippen LogP contribution >= 0.6 is 15.9 Å². The van der Waals surface area contributed by atoms with Crippen LogP contribution in [0.5, 0.6) is 0 Å². The minimum absolute atomic E-state index is 0.416. The van der Waals surface area contributed by atoms with Crippen LogP contribution in [0.1, 0.15) is 25.5 Å². The number of pyridine rings is 1. The van der Waals surface area contributed by atoms with Gasteiger partial charge < -0.3 is 4.57 Å². The number of halogens is 1. The van der Waals surface area contributed by atoms with E-state index in [1.165, 1.54) is 5.52 Å². The molecule has 0 aliphatic rings. The van der Waals surface area contributed by atoms with E-state index < -0.39 is 8.07 Å². The predicted molar refractivity (Wildman–Crippen MR) is 88.0 cm³/mol. The summed E-state index contributed by atoms with van der Waals surface area (Å²) in [7, 11) is -1.36. The van der Waals surface area contributed by atoms with Gasteiger partial charge in [0.05, 0.1) is 11.1 Å². The van der Waals surface area contributed by atoms with Crippen molar-refractivity contribution in [2.24, 2.45) is 0 Å². The maximum absolute atomic E-state index is 4.33. The highest BCUT2D eigenvalue weighted by Crippen LogP contribution is 2.25. The van der Waals surface area contributed by atoms with E-state index in [1.807, 2.05) is 6.20 Å². The molecule has 0 radical (unpaired) electrons. The molecule has 0 saturated heterocycles. The topological polar surface area (TPSA) is 17.8 Å². The molecule has 0 amide bonds. The molecule has 19 heavy (non-hydrogen) atoms. The molecule has 2 aromatic heterocycles. The highest BCUT2D eigenvalue weighted by Gasteiger charge is 2.12. The van der Waals surface area contributed by atoms with E-state index in [9.17, 15) is 0 Å². The second-order valence-corrected chi connectivity index (χ2v) is 11.6. The van der Waals surface area contributed by atoms with E-state index in [-0.39, 0.29) is 0 Å². The van der Waals surface area contributed by atoms with Gasteiger partial charge in [-0.2, -0.15) is 0 Å². The largest absolute Gasteiger partial charge is 0.344 e. The highest BCUT2D eigenvalue weighted by atomic mass is 79.9. The quantitative estimate of drug-likeness (QED) is 0.423. The number of hydrogen-bond donors (Lipinski definition) is 0. The Morgan fingerprint density at radius 3 is 2.58 bits per heavy atom. The van der Waals surface area contributed by atoms with Gasteiger partial charge in [0.1, 0.15) is 12.7 Å². The van der Waals surface area contributed by atoms with Crippen LogP contribution in [0.15, 0.2) is 23.1 Å². The van der Waals surface area contributed by atoms with Crippen molar-refractivity contribution >= 4 is 34.9 Å². The fourth-order valence-corrected chi connectivity index (χ4v) is 2.73. The third kappa shape index (κ3) is 3.29. The molecule has 2 heterocycles. The van der Waals surface area contributed by atoms with Crippen LogP contribution in [0.2, 0.25) is 19.6 Å². The molecule has 0 spiro atoms. The Kier molecular flexibility index (Phi) is 3.89. The summed E-state index contributed by atoms with van der Waals surface area (Å²) in [4.78, 5) is 4.33. The average molecular weight is 335 g/mol. The van der Waals surface area contributed by atoms with Crippen LogP contribution in [-0.4, -0.2) is 17.6 Å². The predicted octanol–water partition coefficient (Wildman–Crippen LogP) is 4.61. The van der Waals surface area contributed by atoms with Crippen LogP contribution in [0.3, 0.4) is 0 Å². The zero-order valence-electron chi connectivity index (χ0n) is 12.1. The molecule has 2 rings (SSSR count). The monoisotopic (exact) mass is 334 g/mol. The van der Waals surface area contributed by atoms with Gasteiger partial charge >= 0.3 is 0 Å². The molecule has 100 valence electrons. The third-order valence-electron chi connectivity index (χ3n) is 2.81. The molecule has 0 atom stereocenters. The second-order valence-electron chi connectivity index (χ2n) is 6.07. The summed E-state index contributed by atoms with van der Waals surface area (Å²) >= 11 is 3.44. The van der Waals surface area contributed by atoms with Gasteiger partial charge in [-0.3, -0.25) is 0 Å². The lowest BCUT2D eigenvalue weighted by molar-refractivity contribution is 0.622. The number of fused-ring (bicyclic) bond motifs is 1. The Morgan fingerprint density at radius 1 is 1.32 bits per heavy atom. The SMILES string of the molecule is CC(C)n1cc(C#C[Si](C)(C)C)c2cnc(Br)cc21. The van der Waals surface area contributed by atoms with Gasteiger partial charge in [-0.05, 0) is 35.8 Å². The first kappa shape index (κ1) is 14.4. The summed E-state index contributed by atoms with van der Waals surface area (Å²) in [6.07, 6.45) is 4.06. The molecular formula is C15H19BrN2Si. The van der Waals surface area contributed by atoms with E-state index >= 15 is 0 Å². The third-order valence-corrected chi connectivity index (χ3v) is 4.12. The van der Waals surface area contributed by atoms with Crippen molar-refractivity contribution < 1.29 is 0 Å². The summed E-state index contributed by atoms with van der Waals surface area (Å²) in [5.41, 5.74) is 5.71. The lowest BCUT2D eigenvalue weighted by atomic mass is 10.2. The van der Waals surface area contributed by atoms with Crippen molar-refractivity contribution in [3.05, 3.63) is 28.6 Å². The van der Waals surface area contributed by atoms with E-state index in [2.05, 4.69) is 82.7 Å². The van der Waals surface area contributed by atoms with Crippen molar-refractivity contribution in [3.63, 3.8) is 0 Å². The average Bonchev–Trinajstić information content (AvgIpc) is 2.63. The number of rotatable bonds is 1. The molecule has 0 aliphatic heterocycles. The molecule has 0 bridgehead atoms. The minimum atomic E-state index is -1.36. The molecule has 4 heteroatoms. The van der Waals surface area contributed by atoms with E-state index in [4.69, 9.17) is 0 Å². The van der Waals surface area contributed by atoms with Crippen LogP contribution in [-0.2, 0) is 0 Å². The lowest BCUT2D eigenvalue weighted by Crippen LogP contribution is -2.16. The van der Waals surface area contributed by atoms with E-state index in [0.29, 0.717) is 6.04 Å². The Hall–Kier alpha value is -1.05. The maximum atomic E-state index is 4.33. The first-order valence-electron chi connectivity index (χ1n) is 6.47. The fourth-order valence-electron chi connectivity index (χ4n) is 1.90. The summed E-state index contributed by atoms with van der Waals surface area (Å²) in [5, 5.41) is 1.14. The van der Waals surface area contributed by atoms with Gasteiger partial charge in [0.25, 0.3) is 0 Å². The zero-order chi connectivity index (χ0) is 14.2. The summed E-state index contributed by atoms with van der Waals surface area (Å²) in [6, 6.07) is 2.48. The lowest BCUT2D eigenvalue weighted by Gasteiger charge is -2.08. The first-order valence-corrected chi connectivity index (χ1v) is 10.8. The van der Waals surface area contributed by atoms with Crippen LogP contribution in [0, 0.1) is 11.5 Å². The summed E-state index contributed by atoms with van der Waals surface area (Å²) < 4.78 is 3.13. The molecular weight excluding hydrogens is 316 g/mol. The Bertz CT molecular complexity index is 669. The zero-order valence-corrected chi connectivity index (χ0v) is 14.7. The van der Waals surface area contributed by atoms with Crippen LogP contribution in [0.25, 0.3) is 10.9 Å². The number of aromatic nitrogens is 2. The molecule has 2 nitrogen and oxygen atoms in total. The molecule has 0 aromatic carbocycles. The molecule has 0 fully saturated rings. The number of hydrogen-bond acceptors (Lipinski definition) is 1. The van der Waals surface area contributed by atoms with Crippen molar-refractivity contribution in [3.8, 4) is 11.5 Å². The van der Waals surface area contributed by atoms with Gasteiger partial charge in [0, 0.05) is 23.8 Å². The normalized spacial score (nSPS) is 11.7. The maximum Gasteiger partial charge on any atom is 0.129 e. The van der Waals surface area contributed by atoms with Gasteiger partial charge in [0.15, 0.2) is 0 Å². The molecule has 0 unspecified atom stereocenters. The first-order chi connectivity index (χ1) is 8.78. The van der Waals surface area contributed by atoms with Gasteiger partial charge in [-0.15, -0.1) is 5.54 Å². The van der Waals surface area contributed by atoms with Crippen LogP contribution in [0.4, 0.5) is 0 Å². The van der Waals surface area contributed by atoms with Gasteiger partial charge in [-0.25, -0.2) is 4.98 Å². The standard InChI is InChI=1S/C15H19BrN2Si/c1-11(2)18-10-12(6-7-19(3,4)5)13-9-17-15(16)8-14(13)18/h8-11H,1-5H3. The van der Waals surface area contributed by atoms with Gasteiger partial charge in [-0.1, -0.05) is 25.6 Å². The minimum Gasteiger partial charge on any atom is -0.344 e. The fraction of sp³-hybridized carbons (Fsp3) is 0.400. The van der Waals surface area contributed by atoms with Crippen LogP contribution < -0.4 is 0 Å². The number of nitrogens with zero attached hydrogens (tertiary/aromatic N) is 2. The highest BCUT2D eigenvalue weighted by molar-refractivity contribution is 9.10. The molecule has 0 N–H and O–H groups in total. The van der Waals surface area contributed by atoms with Crippen molar-refractivity contribution in [1.29, 1.82) is 0 Å². The van der Waals surface area contributed by atoms with Crippen molar-refractivity contribution in [2.75, 3.05) is 0 Å². The van der Waals surface area contributed by atoms with Crippen molar-refractivity contribution in [1.82, 2.24) is 9.55 Å². The Balaban J connectivity index is 2.65. The Morgan fingerprint density at radius 2 is 2.00 bits per heavy atom. The second kappa shape index (κ2) is 5.14. The summed E-state index contributed by atoms with van der Waals surface area (Å²) in [6.45, 7) is 11.1. The van der Waals surface area contributed by atoms with Crippen molar-refractivity contribution in [2.45, 2.75) is 39.5 Å². The molecule has 0 saturated carbocycles. The summed E-state index contributed by atoms with van der Waals surface area (Å²) in [5.74, 6) is 3.36. The molecule has 0 aliphatic carbocycles. The smallest absolute Gasteiger partial charge is 0.129 e. The van der Waals surface area contributed by atoms with E-state index in [1.54, 1.807) is 0 Å². The van der Waals surface area contributed by atoms with E-state index in [0.717, 1.165) is 15.6 Å².